The minimum atomic E-state index is 0.0594. The maximum atomic E-state index is 12.2. The molecule has 3 heteroatoms. The van der Waals surface area contributed by atoms with Gasteiger partial charge in [-0.2, -0.15) is 0 Å². The van der Waals surface area contributed by atoms with E-state index in [1.807, 2.05) is 48.5 Å². The summed E-state index contributed by atoms with van der Waals surface area (Å²) in [7, 11) is 0. The van der Waals surface area contributed by atoms with Gasteiger partial charge in [0.2, 0.25) is 5.91 Å². The van der Waals surface area contributed by atoms with Gasteiger partial charge in [-0.3, -0.25) is 14.3 Å². The summed E-state index contributed by atoms with van der Waals surface area (Å²) >= 11 is 0. The summed E-state index contributed by atoms with van der Waals surface area (Å²) in [6.07, 6.45) is 3.91. The molecule has 0 aliphatic heterocycles. The van der Waals surface area contributed by atoms with Crippen LogP contribution in [0.2, 0.25) is 0 Å². The summed E-state index contributed by atoms with van der Waals surface area (Å²) in [6, 6.07) is 15.4. The van der Waals surface area contributed by atoms with Gasteiger partial charge in [0.15, 0.2) is 0 Å². The summed E-state index contributed by atoms with van der Waals surface area (Å²) in [4.78, 5) is 16.4. The molecule has 3 aromatic rings. The highest BCUT2D eigenvalue weighted by Gasteiger charge is 2.09. The minimum Gasteiger partial charge on any atom is -0.285 e. The number of benzene rings is 1. The molecule has 0 amide bonds. The molecule has 1 aromatic carbocycles. The van der Waals surface area contributed by atoms with Crippen molar-refractivity contribution in [3.63, 3.8) is 0 Å². The Hall–Kier alpha value is -2.42. The molecular formula is C15H12N2O. The van der Waals surface area contributed by atoms with E-state index in [0.717, 1.165) is 16.6 Å². The molecule has 0 radical (unpaired) electrons. The first kappa shape index (κ1) is 10.7. The average molecular weight is 236 g/mol. The van der Waals surface area contributed by atoms with Gasteiger partial charge in [-0.15, -0.1) is 0 Å². The van der Waals surface area contributed by atoms with Crippen LogP contribution < -0.4 is 0 Å². The molecule has 0 N–H and O–H groups in total. The zero-order chi connectivity index (χ0) is 12.4. The summed E-state index contributed by atoms with van der Waals surface area (Å²) < 4.78 is 1.66. The zero-order valence-corrected chi connectivity index (χ0v) is 9.78. The largest absolute Gasteiger partial charge is 0.285 e. The first-order valence-electron chi connectivity index (χ1n) is 5.84. The van der Waals surface area contributed by atoms with E-state index in [4.69, 9.17) is 0 Å². The van der Waals surface area contributed by atoms with Crippen LogP contribution in [0.15, 0.2) is 60.9 Å². The molecule has 0 saturated heterocycles. The van der Waals surface area contributed by atoms with Crippen LogP contribution >= 0.6 is 0 Å². The third-order valence-electron chi connectivity index (χ3n) is 2.92. The van der Waals surface area contributed by atoms with Crippen LogP contribution in [0.3, 0.4) is 0 Å². The first-order valence-corrected chi connectivity index (χ1v) is 5.84. The average Bonchev–Trinajstić information content (AvgIpc) is 2.84. The van der Waals surface area contributed by atoms with E-state index in [2.05, 4.69) is 4.98 Å². The minimum absolute atomic E-state index is 0.0594. The summed E-state index contributed by atoms with van der Waals surface area (Å²) in [5.74, 6) is 0.0594. The lowest BCUT2D eigenvalue weighted by Crippen LogP contribution is -2.12. The van der Waals surface area contributed by atoms with Gasteiger partial charge >= 0.3 is 0 Å². The Bertz CT molecular complexity index is 686. The molecule has 0 fully saturated rings. The molecule has 88 valence electrons. The smallest absolute Gasteiger partial charge is 0.235 e. The SMILES string of the molecule is O=C(Cc1ccccc1)n1ccc2ncccc21. The number of carbonyl (C=O) groups is 1. The second-order valence-corrected chi connectivity index (χ2v) is 4.15. The van der Waals surface area contributed by atoms with Crippen LogP contribution in [-0.4, -0.2) is 15.5 Å². The highest BCUT2D eigenvalue weighted by atomic mass is 16.2. The van der Waals surface area contributed by atoms with E-state index in [-0.39, 0.29) is 5.91 Å². The quantitative estimate of drug-likeness (QED) is 0.685. The first-order chi connectivity index (χ1) is 8.84. The van der Waals surface area contributed by atoms with Crippen molar-refractivity contribution in [1.29, 1.82) is 0 Å². The molecule has 0 saturated carbocycles. The Morgan fingerprint density at radius 1 is 1.06 bits per heavy atom. The second kappa shape index (κ2) is 4.45. The van der Waals surface area contributed by atoms with E-state index >= 15 is 0 Å². The van der Waals surface area contributed by atoms with Gasteiger partial charge in [-0.05, 0) is 23.8 Å². The molecule has 3 rings (SSSR count). The van der Waals surface area contributed by atoms with Crippen LogP contribution in [0.4, 0.5) is 0 Å². The fourth-order valence-corrected chi connectivity index (χ4v) is 2.04. The summed E-state index contributed by atoms with van der Waals surface area (Å²) in [5.41, 5.74) is 2.73. The summed E-state index contributed by atoms with van der Waals surface area (Å²) in [6.45, 7) is 0. The third-order valence-corrected chi connectivity index (χ3v) is 2.92. The van der Waals surface area contributed by atoms with E-state index in [0.29, 0.717) is 6.42 Å². The van der Waals surface area contributed by atoms with Gasteiger partial charge < -0.3 is 0 Å². The number of hydrogen-bond acceptors (Lipinski definition) is 2. The second-order valence-electron chi connectivity index (χ2n) is 4.15. The van der Waals surface area contributed by atoms with E-state index in [1.54, 1.807) is 17.0 Å². The van der Waals surface area contributed by atoms with Crippen LogP contribution in [0.5, 0.6) is 0 Å². The molecule has 2 aromatic heterocycles. The maximum absolute atomic E-state index is 12.2. The molecule has 0 aliphatic rings. The predicted molar refractivity (Wildman–Crippen MR) is 70.5 cm³/mol. The number of carbonyl (C=O) groups excluding carboxylic acids is 1. The molecule has 18 heavy (non-hydrogen) atoms. The fourth-order valence-electron chi connectivity index (χ4n) is 2.04. The van der Waals surface area contributed by atoms with Gasteiger partial charge in [0.1, 0.15) is 0 Å². The number of aromatic nitrogens is 2. The van der Waals surface area contributed by atoms with Crippen molar-refractivity contribution in [1.82, 2.24) is 9.55 Å². The van der Waals surface area contributed by atoms with Crippen molar-refractivity contribution in [2.24, 2.45) is 0 Å². The highest BCUT2D eigenvalue weighted by Crippen LogP contribution is 2.13. The maximum Gasteiger partial charge on any atom is 0.235 e. The van der Waals surface area contributed by atoms with Crippen molar-refractivity contribution in [3.05, 3.63) is 66.5 Å². The lowest BCUT2D eigenvalue weighted by atomic mass is 10.1. The number of fused-ring (bicyclic) bond motifs is 1. The van der Waals surface area contributed by atoms with E-state index < -0.39 is 0 Å². The molecular weight excluding hydrogens is 224 g/mol. The molecule has 0 spiro atoms. The van der Waals surface area contributed by atoms with Gasteiger partial charge in [-0.25, -0.2) is 0 Å². The Kier molecular flexibility index (Phi) is 2.65. The van der Waals surface area contributed by atoms with Crippen LogP contribution in [-0.2, 0) is 6.42 Å². The van der Waals surface area contributed by atoms with Crippen molar-refractivity contribution in [2.75, 3.05) is 0 Å². The fraction of sp³-hybridized carbons (Fsp3) is 0.0667. The Morgan fingerprint density at radius 2 is 1.89 bits per heavy atom. The molecule has 3 nitrogen and oxygen atoms in total. The van der Waals surface area contributed by atoms with Crippen LogP contribution in [0.25, 0.3) is 11.0 Å². The topological polar surface area (TPSA) is 34.9 Å². The molecule has 0 bridgehead atoms. The van der Waals surface area contributed by atoms with E-state index in [9.17, 15) is 4.79 Å². The lowest BCUT2D eigenvalue weighted by Gasteiger charge is -2.03. The number of pyridine rings is 1. The van der Waals surface area contributed by atoms with Crippen LogP contribution in [0, 0.1) is 0 Å². The molecule has 0 atom stereocenters. The number of nitrogens with zero attached hydrogens (tertiary/aromatic N) is 2. The lowest BCUT2D eigenvalue weighted by molar-refractivity contribution is 0.0919. The Morgan fingerprint density at radius 3 is 2.72 bits per heavy atom. The van der Waals surface area contributed by atoms with Gasteiger partial charge in [0, 0.05) is 12.4 Å². The van der Waals surface area contributed by atoms with Gasteiger partial charge in [0.05, 0.1) is 17.5 Å². The van der Waals surface area contributed by atoms with Gasteiger partial charge in [0.25, 0.3) is 0 Å². The standard InChI is InChI=1S/C15H12N2O/c18-15(11-12-5-2-1-3-6-12)17-10-8-13-14(17)7-4-9-16-13/h1-10H,11H2. The van der Waals surface area contributed by atoms with Gasteiger partial charge in [-0.1, -0.05) is 30.3 Å². The van der Waals surface area contributed by atoms with Crippen molar-refractivity contribution in [2.45, 2.75) is 6.42 Å². The normalized spacial score (nSPS) is 10.7. The van der Waals surface area contributed by atoms with E-state index in [1.165, 1.54) is 0 Å². The molecule has 0 aliphatic carbocycles. The Labute approximate surface area is 105 Å². The van der Waals surface area contributed by atoms with Crippen molar-refractivity contribution >= 4 is 16.9 Å². The Balaban J connectivity index is 1.93. The highest BCUT2D eigenvalue weighted by molar-refractivity contribution is 5.91. The number of rotatable bonds is 2. The monoisotopic (exact) mass is 236 g/mol. The summed E-state index contributed by atoms with van der Waals surface area (Å²) in [5, 5.41) is 0. The van der Waals surface area contributed by atoms with Crippen molar-refractivity contribution in [3.8, 4) is 0 Å². The number of hydrogen-bond donors (Lipinski definition) is 0. The molecule has 2 heterocycles. The van der Waals surface area contributed by atoms with Crippen LogP contribution in [0.1, 0.15) is 10.4 Å². The van der Waals surface area contributed by atoms with Crippen molar-refractivity contribution < 1.29 is 4.79 Å². The molecule has 0 unspecified atom stereocenters. The predicted octanol–water partition coefficient (Wildman–Crippen LogP) is 2.92. The third kappa shape index (κ3) is 1.91. The zero-order valence-electron chi connectivity index (χ0n) is 9.78.